The normalized spacial score (nSPS) is 14.3. The lowest BCUT2D eigenvalue weighted by Gasteiger charge is -2.09. The van der Waals surface area contributed by atoms with Crippen molar-refractivity contribution in [2.75, 3.05) is 0 Å². The summed E-state index contributed by atoms with van der Waals surface area (Å²) in [4.78, 5) is 22.6. The van der Waals surface area contributed by atoms with Gasteiger partial charge in [-0.2, -0.15) is 0 Å². The minimum absolute atomic E-state index is 0.0133. The molecule has 3 nitrogen and oxygen atoms in total. The zero-order valence-electron chi connectivity index (χ0n) is 12.8. The monoisotopic (exact) mass is 310 g/mol. The fourth-order valence-corrected chi connectivity index (χ4v) is 4.63. The van der Waals surface area contributed by atoms with Crippen molar-refractivity contribution in [2.24, 2.45) is 0 Å². The van der Waals surface area contributed by atoms with E-state index < -0.39 is 0 Å². The molecule has 0 amide bonds. The lowest BCUT2D eigenvalue weighted by molar-refractivity contribution is 0.700. The molecule has 1 aromatic carbocycles. The van der Waals surface area contributed by atoms with Crippen LogP contribution in [-0.4, -0.2) is 9.97 Å². The van der Waals surface area contributed by atoms with Gasteiger partial charge in [0.15, 0.2) is 0 Å². The number of hydrogen-bond donors (Lipinski definition) is 1. The summed E-state index contributed by atoms with van der Waals surface area (Å²) in [5.74, 6) is 0.689. The van der Waals surface area contributed by atoms with Crippen LogP contribution >= 0.6 is 11.3 Å². The highest BCUT2D eigenvalue weighted by Gasteiger charge is 2.20. The molecule has 0 aliphatic heterocycles. The van der Waals surface area contributed by atoms with Crippen molar-refractivity contribution in [2.45, 2.75) is 39.5 Å². The first-order valence-corrected chi connectivity index (χ1v) is 8.57. The van der Waals surface area contributed by atoms with Crippen molar-refractivity contribution in [3.05, 3.63) is 50.1 Å². The maximum atomic E-state index is 12.6. The standard InChI is InChI=1S/C18H18N2OS/c1-10-7-8-12(11(2)9-10)16-19-17(21)15-13-5-3-4-6-14(13)22-18(15)20-16/h7-9H,3-6H2,1-2H3,(H,19,20,21). The average molecular weight is 310 g/mol. The highest BCUT2D eigenvalue weighted by molar-refractivity contribution is 7.18. The van der Waals surface area contributed by atoms with Gasteiger partial charge in [0.2, 0.25) is 0 Å². The van der Waals surface area contributed by atoms with Gasteiger partial charge in [0, 0.05) is 10.4 Å². The summed E-state index contributed by atoms with van der Waals surface area (Å²) in [6.45, 7) is 4.13. The third kappa shape index (κ3) is 2.10. The Hall–Kier alpha value is -1.94. The van der Waals surface area contributed by atoms with E-state index in [4.69, 9.17) is 4.98 Å². The van der Waals surface area contributed by atoms with E-state index in [1.807, 2.05) is 6.07 Å². The Morgan fingerprint density at radius 1 is 1.18 bits per heavy atom. The molecule has 0 saturated carbocycles. The summed E-state index contributed by atoms with van der Waals surface area (Å²) in [6, 6.07) is 6.23. The van der Waals surface area contributed by atoms with Crippen LogP contribution < -0.4 is 5.56 Å². The topological polar surface area (TPSA) is 45.8 Å². The summed E-state index contributed by atoms with van der Waals surface area (Å²) in [7, 11) is 0. The molecule has 0 bridgehead atoms. The summed E-state index contributed by atoms with van der Waals surface area (Å²) < 4.78 is 0. The first-order valence-electron chi connectivity index (χ1n) is 7.75. The van der Waals surface area contributed by atoms with Gasteiger partial charge in [-0.25, -0.2) is 4.98 Å². The minimum atomic E-state index is 0.0133. The van der Waals surface area contributed by atoms with Gasteiger partial charge in [-0.15, -0.1) is 11.3 Å². The van der Waals surface area contributed by atoms with Gasteiger partial charge in [0.05, 0.1) is 5.39 Å². The van der Waals surface area contributed by atoms with Crippen LogP contribution in [0.25, 0.3) is 21.6 Å². The number of rotatable bonds is 1. The van der Waals surface area contributed by atoms with E-state index >= 15 is 0 Å². The molecule has 4 heteroatoms. The second-order valence-corrected chi connectivity index (χ2v) is 7.21. The lowest BCUT2D eigenvalue weighted by Crippen LogP contribution is -2.11. The zero-order valence-corrected chi connectivity index (χ0v) is 13.6. The van der Waals surface area contributed by atoms with Crippen molar-refractivity contribution < 1.29 is 0 Å². The average Bonchev–Trinajstić information content (AvgIpc) is 2.85. The molecule has 0 atom stereocenters. The number of thiophene rings is 1. The van der Waals surface area contributed by atoms with E-state index in [2.05, 4.69) is 31.0 Å². The van der Waals surface area contributed by atoms with E-state index in [0.29, 0.717) is 5.82 Å². The summed E-state index contributed by atoms with van der Waals surface area (Å²) in [5.41, 5.74) is 4.63. The molecule has 1 N–H and O–H groups in total. The molecule has 2 heterocycles. The molecule has 0 spiro atoms. The number of aromatic nitrogens is 2. The number of nitrogens with zero attached hydrogens (tertiary/aromatic N) is 1. The molecule has 2 aromatic heterocycles. The predicted octanol–water partition coefficient (Wildman–Crippen LogP) is 4.15. The Morgan fingerprint density at radius 3 is 2.82 bits per heavy atom. The number of fused-ring (bicyclic) bond motifs is 3. The highest BCUT2D eigenvalue weighted by Crippen LogP contribution is 2.34. The third-order valence-corrected chi connectivity index (χ3v) is 5.65. The van der Waals surface area contributed by atoms with Gasteiger partial charge < -0.3 is 4.98 Å². The SMILES string of the molecule is Cc1ccc(-c2nc3sc4c(c3c(=O)[nH]2)CCCC4)c(C)c1. The minimum Gasteiger partial charge on any atom is -0.306 e. The van der Waals surface area contributed by atoms with Crippen LogP contribution in [0, 0.1) is 13.8 Å². The molecule has 112 valence electrons. The molecule has 1 aliphatic carbocycles. The zero-order chi connectivity index (χ0) is 15.3. The molecule has 0 radical (unpaired) electrons. The molecule has 0 saturated heterocycles. The Morgan fingerprint density at radius 2 is 2.00 bits per heavy atom. The quantitative estimate of drug-likeness (QED) is 0.734. The largest absolute Gasteiger partial charge is 0.306 e. The maximum Gasteiger partial charge on any atom is 0.260 e. The molecular weight excluding hydrogens is 292 g/mol. The van der Waals surface area contributed by atoms with E-state index in [-0.39, 0.29) is 5.56 Å². The molecule has 4 rings (SSSR count). The molecule has 0 unspecified atom stereocenters. The van der Waals surface area contributed by atoms with Gasteiger partial charge in [0.1, 0.15) is 10.7 Å². The van der Waals surface area contributed by atoms with Crippen LogP contribution in [0.15, 0.2) is 23.0 Å². The van der Waals surface area contributed by atoms with Gasteiger partial charge >= 0.3 is 0 Å². The van der Waals surface area contributed by atoms with Gasteiger partial charge in [-0.05, 0) is 50.7 Å². The van der Waals surface area contributed by atoms with Gasteiger partial charge in [0.25, 0.3) is 5.56 Å². The first-order chi connectivity index (χ1) is 10.6. The van der Waals surface area contributed by atoms with E-state index in [1.54, 1.807) is 11.3 Å². The summed E-state index contributed by atoms with van der Waals surface area (Å²) >= 11 is 1.70. The van der Waals surface area contributed by atoms with Crippen molar-refractivity contribution in [3.63, 3.8) is 0 Å². The van der Waals surface area contributed by atoms with Gasteiger partial charge in [-0.3, -0.25) is 4.79 Å². The second-order valence-electron chi connectivity index (χ2n) is 6.12. The molecule has 22 heavy (non-hydrogen) atoms. The van der Waals surface area contributed by atoms with E-state index in [1.165, 1.54) is 28.8 Å². The van der Waals surface area contributed by atoms with Crippen molar-refractivity contribution >= 4 is 21.6 Å². The number of benzene rings is 1. The number of aromatic amines is 1. The number of hydrogen-bond acceptors (Lipinski definition) is 3. The summed E-state index contributed by atoms with van der Waals surface area (Å²) in [6.07, 6.45) is 4.51. The fraction of sp³-hybridized carbons (Fsp3) is 0.333. The Balaban J connectivity index is 1.95. The first kappa shape index (κ1) is 13.7. The van der Waals surface area contributed by atoms with Crippen LogP contribution in [-0.2, 0) is 12.8 Å². The Kier molecular flexibility index (Phi) is 3.15. The smallest absolute Gasteiger partial charge is 0.260 e. The Bertz CT molecular complexity index is 936. The third-order valence-electron chi connectivity index (χ3n) is 4.46. The van der Waals surface area contributed by atoms with Crippen molar-refractivity contribution in [1.82, 2.24) is 9.97 Å². The van der Waals surface area contributed by atoms with Crippen molar-refractivity contribution in [3.8, 4) is 11.4 Å². The molecular formula is C18H18N2OS. The molecule has 0 fully saturated rings. The second kappa shape index (κ2) is 5.06. The van der Waals surface area contributed by atoms with Crippen LogP contribution in [0.4, 0.5) is 0 Å². The van der Waals surface area contributed by atoms with Crippen LogP contribution in [0.1, 0.15) is 34.4 Å². The van der Waals surface area contributed by atoms with Crippen LogP contribution in [0.2, 0.25) is 0 Å². The predicted molar refractivity (Wildman–Crippen MR) is 91.8 cm³/mol. The molecule has 1 aliphatic rings. The number of H-pyrrole nitrogens is 1. The van der Waals surface area contributed by atoms with E-state index in [0.717, 1.165) is 34.2 Å². The Labute approximate surface area is 133 Å². The number of nitrogens with one attached hydrogen (secondary N) is 1. The van der Waals surface area contributed by atoms with Crippen LogP contribution in [0.5, 0.6) is 0 Å². The van der Waals surface area contributed by atoms with Crippen molar-refractivity contribution in [1.29, 1.82) is 0 Å². The van der Waals surface area contributed by atoms with E-state index in [9.17, 15) is 4.79 Å². The maximum absolute atomic E-state index is 12.6. The molecule has 3 aromatic rings. The highest BCUT2D eigenvalue weighted by atomic mass is 32.1. The fourth-order valence-electron chi connectivity index (χ4n) is 3.37. The summed E-state index contributed by atoms with van der Waals surface area (Å²) in [5, 5.41) is 0.827. The number of aryl methyl sites for hydroxylation is 4. The lowest BCUT2D eigenvalue weighted by atomic mass is 9.97. The van der Waals surface area contributed by atoms with Crippen LogP contribution in [0.3, 0.4) is 0 Å². The van der Waals surface area contributed by atoms with Gasteiger partial charge in [-0.1, -0.05) is 23.8 Å².